The Kier molecular flexibility index (Phi) is 15.3. The van der Waals surface area contributed by atoms with Crippen molar-refractivity contribution in [2.75, 3.05) is 19.8 Å². The molecule has 0 saturated carbocycles. The van der Waals surface area contributed by atoms with Gasteiger partial charge in [0.05, 0.1) is 19.8 Å². The fourth-order valence-corrected chi connectivity index (χ4v) is 4.86. The highest BCUT2D eigenvalue weighted by Crippen LogP contribution is 2.26. The van der Waals surface area contributed by atoms with Gasteiger partial charge >= 0.3 is 18.2 Å². The molecule has 0 fully saturated rings. The van der Waals surface area contributed by atoms with Gasteiger partial charge in [-0.1, -0.05) is 73.5 Å². The summed E-state index contributed by atoms with van der Waals surface area (Å²) in [5, 5.41) is 13.7. The minimum Gasteiger partial charge on any atom is -0.447 e. The van der Waals surface area contributed by atoms with Gasteiger partial charge in [-0.2, -0.15) is 0 Å². The van der Waals surface area contributed by atoms with E-state index < -0.39 is 29.6 Å². The quantitative estimate of drug-likeness (QED) is 0.0165. The molecule has 3 rings (SSSR count). The minimum atomic E-state index is -1.23. The fourth-order valence-electron chi connectivity index (χ4n) is 4.59. The number of amidine groups is 1. The second-order valence-corrected chi connectivity index (χ2v) is 10.9. The molecule has 0 radical (unpaired) electrons. The number of hydrazine groups is 1. The van der Waals surface area contributed by atoms with E-state index in [1.165, 1.54) is 6.92 Å². The number of imidazole rings is 1. The lowest BCUT2D eigenvalue weighted by atomic mass is 9.98. The minimum absolute atomic E-state index is 0.0178. The maximum absolute atomic E-state index is 13.2. The van der Waals surface area contributed by atoms with Gasteiger partial charge < -0.3 is 34.1 Å². The molecule has 1 aromatic heterocycles. The van der Waals surface area contributed by atoms with Crippen LogP contribution in [0, 0.1) is 10.1 Å². The summed E-state index contributed by atoms with van der Waals surface area (Å²) in [4.78, 5) is 56.0. The maximum Gasteiger partial charge on any atom is 0.511 e. The Balaban J connectivity index is 1.77. The molecule has 0 aliphatic rings. The van der Waals surface area contributed by atoms with Gasteiger partial charge in [0.15, 0.2) is 16.7 Å². The summed E-state index contributed by atoms with van der Waals surface area (Å²) in [6.45, 7) is 5.19. The first kappa shape index (κ1) is 39.0. The van der Waals surface area contributed by atoms with Crippen LogP contribution in [0.1, 0.15) is 73.9 Å². The maximum atomic E-state index is 13.2. The number of hydrogen-bond donors (Lipinski definition) is 2. The molecule has 1 heterocycles. The standard InChI is InChI=1S/C32H40ClN7O10/c1-4-6-13-26-36-28(33)27(30(41)49-21(3)50-32(43)46-5-2)38(26)20-22-14-16-23(17-15-22)24-11-7-8-12-25(24)29(34)37-39(35)31(42)47-18-9-10-19-48-40(44)45/h7-8,11-12,14-17,21H,4-6,9-10,13,18-20,35H2,1-3H3,(H2,34,37). The largest absolute Gasteiger partial charge is 0.511 e. The first-order valence-electron chi connectivity index (χ1n) is 15.8. The van der Waals surface area contributed by atoms with Gasteiger partial charge in [0.1, 0.15) is 5.82 Å². The smallest absolute Gasteiger partial charge is 0.447 e. The molecule has 17 nitrogen and oxygen atoms in total. The van der Waals surface area contributed by atoms with Gasteiger partial charge in [-0.15, -0.1) is 20.3 Å². The molecule has 3 aromatic rings. The van der Waals surface area contributed by atoms with Crippen LogP contribution in [-0.4, -0.2) is 69.9 Å². The second kappa shape index (κ2) is 19.5. The predicted molar refractivity (Wildman–Crippen MR) is 180 cm³/mol. The van der Waals surface area contributed by atoms with Gasteiger partial charge in [0.25, 0.3) is 5.09 Å². The third-order valence-corrected chi connectivity index (χ3v) is 7.18. The molecule has 2 aromatic carbocycles. The van der Waals surface area contributed by atoms with Crippen molar-refractivity contribution in [2.45, 2.75) is 65.7 Å². The fraction of sp³-hybridized carbons (Fsp3) is 0.406. The summed E-state index contributed by atoms with van der Waals surface area (Å²) in [5.41, 5.74) is 9.03. The van der Waals surface area contributed by atoms with E-state index in [-0.39, 0.29) is 43.0 Å². The molecule has 1 amide bonds. The monoisotopic (exact) mass is 717 g/mol. The van der Waals surface area contributed by atoms with Crippen LogP contribution >= 0.6 is 11.6 Å². The van der Waals surface area contributed by atoms with Gasteiger partial charge in [0.2, 0.25) is 6.29 Å². The van der Waals surface area contributed by atoms with Crippen molar-refractivity contribution in [3.63, 3.8) is 0 Å². The predicted octanol–water partition coefficient (Wildman–Crippen LogP) is 5.19. The number of rotatable bonds is 18. The van der Waals surface area contributed by atoms with Crippen molar-refractivity contribution in [1.82, 2.24) is 14.7 Å². The Morgan fingerprint density at radius 1 is 1.04 bits per heavy atom. The molecule has 0 saturated heterocycles. The number of amides is 1. The molecule has 4 N–H and O–H groups in total. The van der Waals surface area contributed by atoms with Crippen molar-refractivity contribution in [3.05, 3.63) is 86.4 Å². The molecule has 50 heavy (non-hydrogen) atoms. The highest BCUT2D eigenvalue weighted by atomic mass is 35.5. The van der Waals surface area contributed by atoms with Crippen LogP contribution in [0.5, 0.6) is 0 Å². The van der Waals surface area contributed by atoms with E-state index in [0.29, 0.717) is 41.3 Å². The van der Waals surface area contributed by atoms with Crippen LogP contribution < -0.4 is 11.6 Å². The molecule has 270 valence electrons. The van der Waals surface area contributed by atoms with E-state index in [9.17, 15) is 24.5 Å². The van der Waals surface area contributed by atoms with Crippen LogP contribution in [0.25, 0.3) is 11.1 Å². The first-order valence-corrected chi connectivity index (χ1v) is 16.1. The molecule has 1 atom stereocenters. The second-order valence-electron chi connectivity index (χ2n) is 10.6. The lowest BCUT2D eigenvalue weighted by Gasteiger charge is -2.16. The Hall–Kier alpha value is -5.42. The van der Waals surface area contributed by atoms with Gasteiger partial charge in [-0.3, -0.25) is 0 Å². The van der Waals surface area contributed by atoms with Gasteiger partial charge in [0, 0.05) is 25.5 Å². The number of nitrogens with two attached hydrogens (primary N) is 2. The van der Waals surface area contributed by atoms with E-state index >= 15 is 0 Å². The highest BCUT2D eigenvalue weighted by Gasteiger charge is 2.26. The van der Waals surface area contributed by atoms with E-state index in [0.717, 1.165) is 24.0 Å². The molecular weight excluding hydrogens is 678 g/mol. The van der Waals surface area contributed by atoms with Crippen LogP contribution in [0.4, 0.5) is 9.59 Å². The number of aryl methyl sites for hydroxylation is 1. The van der Waals surface area contributed by atoms with Crippen LogP contribution in [0.2, 0.25) is 5.15 Å². The molecule has 0 spiro atoms. The number of carbonyl (C=O) groups excluding carboxylic acids is 3. The van der Waals surface area contributed by atoms with E-state index in [1.807, 2.05) is 43.3 Å². The van der Waals surface area contributed by atoms with Crippen molar-refractivity contribution < 1.29 is 43.3 Å². The SMILES string of the molecule is CCCCc1nc(Cl)c(C(=O)OC(C)OC(=O)OCC)n1Cc1ccc(-c2ccccc2/C(N)=N/N(N)C(=O)OCCCCO[N+](=O)[O-])cc1. The molecule has 0 aliphatic carbocycles. The molecule has 0 aliphatic heterocycles. The summed E-state index contributed by atoms with van der Waals surface area (Å²) in [7, 11) is 0. The number of hydrogen-bond acceptors (Lipinski definition) is 13. The Labute approximate surface area is 293 Å². The molecular formula is C32H40ClN7O10. The molecule has 18 heteroatoms. The highest BCUT2D eigenvalue weighted by molar-refractivity contribution is 6.32. The van der Waals surface area contributed by atoms with Crippen molar-refractivity contribution in [1.29, 1.82) is 0 Å². The third-order valence-electron chi connectivity index (χ3n) is 6.92. The summed E-state index contributed by atoms with van der Waals surface area (Å²) in [6, 6.07) is 14.5. The Morgan fingerprint density at radius 2 is 1.74 bits per heavy atom. The van der Waals surface area contributed by atoms with Gasteiger partial charge in [-0.05, 0) is 42.9 Å². The zero-order chi connectivity index (χ0) is 36.6. The topological polar surface area (TPSA) is 226 Å². The summed E-state index contributed by atoms with van der Waals surface area (Å²) in [5.74, 6) is 5.48. The van der Waals surface area contributed by atoms with E-state index in [1.54, 1.807) is 23.6 Å². The average molecular weight is 718 g/mol. The van der Waals surface area contributed by atoms with Crippen molar-refractivity contribution in [2.24, 2.45) is 16.7 Å². The lowest BCUT2D eigenvalue weighted by molar-refractivity contribution is -0.757. The van der Waals surface area contributed by atoms with E-state index in [2.05, 4.69) is 14.9 Å². The molecule has 1 unspecified atom stereocenters. The number of esters is 1. The number of nitrogens with zero attached hydrogens (tertiary/aromatic N) is 5. The Morgan fingerprint density at radius 3 is 2.42 bits per heavy atom. The number of benzene rings is 2. The zero-order valence-electron chi connectivity index (χ0n) is 27.9. The number of halogens is 1. The van der Waals surface area contributed by atoms with Crippen LogP contribution in [0.3, 0.4) is 0 Å². The number of ether oxygens (including phenoxy) is 4. The zero-order valence-corrected chi connectivity index (χ0v) is 28.7. The van der Waals surface area contributed by atoms with Crippen LogP contribution in [-0.2, 0) is 36.8 Å². The van der Waals surface area contributed by atoms with Gasteiger partial charge in [-0.25, -0.2) is 25.2 Å². The van der Waals surface area contributed by atoms with Crippen molar-refractivity contribution >= 4 is 35.7 Å². The van der Waals surface area contributed by atoms with Crippen molar-refractivity contribution in [3.8, 4) is 11.1 Å². The Bertz CT molecular complexity index is 1650. The van der Waals surface area contributed by atoms with E-state index in [4.69, 9.17) is 42.1 Å². The van der Waals surface area contributed by atoms with Crippen LogP contribution in [0.15, 0.2) is 53.6 Å². The first-order chi connectivity index (χ1) is 23.9. The lowest BCUT2D eigenvalue weighted by Crippen LogP contribution is -2.36. The molecule has 0 bridgehead atoms. The summed E-state index contributed by atoms with van der Waals surface area (Å²) in [6.07, 6.45) is -0.295. The number of aromatic nitrogens is 2. The number of hydrazone groups is 1. The number of unbranched alkanes of at least 4 members (excludes halogenated alkanes) is 2. The summed E-state index contributed by atoms with van der Waals surface area (Å²) >= 11 is 6.43. The number of carbonyl (C=O) groups is 3. The third kappa shape index (κ3) is 11.6. The normalized spacial score (nSPS) is 11.7. The summed E-state index contributed by atoms with van der Waals surface area (Å²) < 4.78 is 21.7. The average Bonchev–Trinajstić information content (AvgIpc) is 3.39.